The molecule has 2 atom stereocenters. The molecule has 0 bridgehead atoms. The number of phenols is 1. The monoisotopic (exact) mass is 371 g/mol. The number of hydrogen-bond acceptors (Lipinski definition) is 5. The third-order valence-corrected chi connectivity index (χ3v) is 4.79. The van der Waals surface area contributed by atoms with Crippen LogP contribution in [-0.4, -0.2) is 47.1 Å². The van der Waals surface area contributed by atoms with Gasteiger partial charge in [0.1, 0.15) is 11.4 Å². The third kappa shape index (κ3) is 3.08. The van der Waals surface area contributed by atoms with Crippen molar-refractivity contribution in [3.63, 3.8) is 0 Å². The highest BCUT2D eigenvalue weighted by Crippen LogP contribution is 2.42. The molecule has 0 radical (unpaired) electrons. The lowest BCUT2D eigenvalue weighted by atomic mass is 10.1. The van der Waals surface area contributed by atoms with Gasteiger partial charge in [-0.1, -0.05) is 12.1 Å². The average molecular weight is 371 g/mol. The summed E-state index contributed by atoms with van der Waals surface area (Å²) >= 11 is 0. The van der Waals surface area contributed by atoms with Gasteiger partial charge in [0.25, 0.3) is 5.91 Å². The van der Waals surface area contributed by atoms with Gasteiger partial charge in [-0.2, -0.15) is 0 Å². The molecule has 0 saturated carbocycles. The van der Waals surface area contributed by atoms with Gasteiger partial charge in [-0.15, -0.1) is 0 Å². The summed E-state index contributed by atoms with van der Waals surface area (Å²) in [5.74, 6) is -1.45. The molecule has 2 aliphatic heterocycles. The Morgan fingerprint density at radius 1 is 1.37 bits per heavy atom. The smallest absolute Gasteiger partial charge is 0.260 e. The first-order chi connectivity index (χ1) is 12.8. The van der Waals surface area contributed by atoms with Crippen molar-refractivity contribution in [1.82, 2.24) is 4.90 Å². The normalized spacial score (nSPS) is 21.7. The Kier molecular flexibility index (Phi) is 4.75. The third-order valence-electron chi connectivity index (χ3n) is 4.79. The van der Waals surface area contributed by atoms with Crippen LogP contribution in [0.3, 0.4) is 0 Å². The number of primary amides is 1. The van der Waals surface area contributed by atoms with Gasteiger partial charge >= 0.3 is 0 Å². The lowest BCUT2D eigenvalue weighted by Gasteiger charge is -2.34. The Balaban J connectivity index is 2.18. The number of fused-ring (bicyclic) bond motifs is 2. The second kappa shape index (κ2) is 6.88. The fourth-order valence-corrected chi connectivity index (χ4v) is 3.55. The van der Waals surface area contributed by atoms with E-state index in [1.165, 1.54) is 29.9 Å². The minimum Gasteiger partial charge on any atom is -0.505 e. The van der Waals surface area contributed by atoms with Crippen molar-refractivity contribution in [2.75, 3.05) is 12.0 Å². The Morgan fingerprint density at radius 3 is 2.67 bits per heavy atom. The predicted octanol–water partition coefficient (Wildman–Crippen LogP) is 1.18. The summed E-state index contributed by atoms with van der Waals surface area (Å²) < 4.78 is 5.58. The van der Waals surface area contributed by atoms with Gasteiger partial charge in [0, 0.05) is 26.3 Å². The van der Waals surface area contributed by atoms with Gasteiger partial charge in [-0.3, -0.25) is 19.3 Å². The number of methoxy groups -OCH3 is 1. The number of ether oxygens (including phenoxy) is 1. The number of carbonyl (C=O) groups excluding carboxylic acids is 3. The summed E-state index contributed by atoms with van der Waals surface area (Å²) in [4.78, 5) is 39.4. The fraction of sp³-hybridized carbons (Fsp3) is 0.316. The molecule has 0 aromatic heterocycles. The first-order valence-corrected chi connectivity index (χ1v) is 8.42. The van der Waals surface area contributed by atoms with Crippen LogP contribution >= 0.6 is 0 Å². The molecule has 0 fully saturated rings. The maximum Gasteiger partial charge on any atom is 0.260 e. The van der Waals surface area contributed by atoms with E-state index in [0.29, 0.717) is 17.6 Å². The number of anilines is 1. The zero-order valence-electron chi connectivity index (χ0n) is 15.3. The van der Waals surface area contributed by atoms with Gasteiger partial charge < -0.3 is 20.5 Å². The maximum atomic E-state index is 13.2. The number of hydrogen-bond donors (Lipinski definition) is 2. The first kappa shape index (κ1) is 18.7. The molecule has 0 spiro atoms. The first-order valence-electron chi connectivity index (χ1n) is 8.42. The van der Waals surface area contributed by atoms with Gasteiger partial charge in [0.05, 0.1) is 11.6 Å². The topological polar surface area (TPSA) is 113 Å². The van der Waals surface area contributed by atoms with Crippen molar-refractivity contribution >= 4 is 23.4 Å². The summed E-state index contributed by atoms with van der Waals surface area (Å²) in [6.45, 7) is 3.05. The summed E-state index contributed by atoms with van der Waals surface area (Å²) in [6.07, 6.45) is 3.93. The number of aryl methyl sites for hydroxylation is 1. The maximum absolute atomic E-state index is 13.2. The highest BCUT2D eigenvalue weighted by Gasteiger charge is 2.45. The van der Waals surface area contributed by atoms with E-state index < -0.39 is 18.2 Å². The SMILES string of the molecule is COC1C2CC(C=CC(N)=O)=CN2C(=O)c2ccc(C)c(O)c2N1C(C)=O. The summed E-state index contributed by atoms with van der Waals surface area (Å²) in [5, 5.41) is 10.6. The highest BCUT2D eigenvalue weighted by atomic mass is 16.5. The number of nitrogens with zero attached hydrogens (tertiary/aromatic N) is 2. The van der Waals surface area contributed by atoms with Gasteiger partial charge in [0.15, 0.2) is 6.23 Å². The molecule has 0 saturated heterocycles. The molecule has 3 N–H and O–H groups in total. The van der Waals surface area contributed by atoms with E-state index in [4.69, 9.17) is 10.5 Å². The summed E-state index contributed by atoms with van der Waals surface area (Å²) in [7, 11) is 1.44. The lowest BCUT2D eigenvalue weighted by Crippen LogP contribution is -2.50. The van der Waals surface area contributed by atoms with Crippen molar-refractivity contribution in [3.8, 4) is 5.75 Å². The quantitative estimate of drug-likeness (QED) is 0.775. The van der Waals surface area contributed by atoms with Crippen LogP contribution in [0.5, 0.6) is 5.75 Å². The van der Waals surface area contributed by atoms with E-state index in [2.05, 4.69) is 0 Å². The van der Waals surface area contributed by atoms with Gasteiger partial charge in [-0.25, -0.2) is 0 Å². The number of amides is 3. The van der Waals surface area contributed by atoms with E-state index in [-0.39, 0.29) is 28.8 Å². The molecule has 0 aliphatic carbocycles. The number of allylic oxidation sites excluding steroid dienone is 1. The molecule has 3 amide bonds. The number of aromatic hydroxyl groups is 1. The minimum atomic E-state index is -0.809. The highest BCUT2D eigenvalue weighted by molar-refractivity contribution is 6.08. The molecule has 2 heterocycles. The van der Waals surface area contributed by atoms with Crippen LogP contribution < -0.4 is 10.6 Å². The Bertz CT molecular complexity index is 890. The molecule has 2 unspecified atom stereocenters. The van der Waals surface area contributed by atoms with Crippen LogP contribution in [0.15, 0.2) is 36.1 Å². The predicted molar refractivity (Wildman–Crippen MR) is 97.8 cm³/mol. The molecule has 1 aromatic rings. The Labute approximate surface area is 156 Å². The number of benzene rings is 1. The van der Waals surface area contributed by atoms with E-state index in [1.54, 1.807) is 31.3 Å². The van der Waals surface area contributed by atoms with Crippen molar-refractivity contribution in [3.05, 3.63) is 47.2 Å². The molecular formula is C19H21N3O5. The molecule has 8 heteroatoms. The lowest BCUT2D eigenvalue weighted by molar-refractivity contribution is -0.119. The number of carbonyl (C=O) groups is 3. The molecule has 3 rings (SSSR count). The average Bonchev–Trinajstić information content (AvgIpc) is 3.00. The van der Waals surface area contributed by atoms with Gasteiger partial charge in [0.2, 0.25) is 11.8 Å². The van der Waals surface area contributed by atoms with E-state index in [9.17, 15) is 19.5 Å². The van der Waals surface area contributed by atoms with E-state index in [1.807, 2.05) is 0 Å². The van der Waals surface area contributed by atoms with Crippen LogP contribution in [0.1, 0.15) is 29.3 Å². The molecule has 27 heavy (non-hydrogen) atoms. The minimum absolute atomic E-state index is 0.128. The van der Waals surface area contributed by atoms with Crippen LogP contribution in [0.4, 0.5) is 5.69 Å². The molecule has 1 aromatic carbocycles. The molecule has 8 nitrogen and oxygen atoms in total. The van der Waals surface area contributed by atoms with Crippen molar-refractivity contribution < 1.29 is 24.2 Å². The standard InChI is InChI=1S/C19H21N3O5/c1-10-4-6-13-16(17(10)25)22(11(2)23)19(27-3)14-8-12(5-7-15(20)24)9-21(14)18(13)26/h4-7,9,14,19,25H,8H2,1-3H3,(H2,20,24). The van der Waals surface area contributed by atoms with E-state index >= 15 is 0 Å². The summed E-state index contributed by atoms with van der Waals surface area (Å²) in [5.41, 5.74) is 6.74. The van der Waals surface area contributed by atoms with Crippen LogP contribution in [0.25, 0.3) is 0 Å². The van der Waals surface area contributed by atoms with Crippen LogP contribution in [0, 0.1) is 6.92 Å². The van der Waals surface area contributed by atoms with Gasteiger partial charge in [-0.05, 0) is 30.5 Å². The second-order valence-electron chi connectivity index (χ2n) is 6.57. The molecule has 142 valence electrons. The number of rotatable bonds is 3. The zero-order chi connectivity index (χ0) is 19.9. The Morgan fingerprint density at radius 2 is 2.07 bits per heavy atom. The van der Waals surface area contributed by atoms with Crippen molar-refractivity contribution in [2.45, 2.75) is 32.5 Å². The largest absolute Gasteiger partial charge is 0.505 e. The van der Waals surface area contributed by atoms with Crippen molar-refractivity contribution in [2.24, 2.45) is 5.73 Å². The number of nitrogens with two attached hydrogens (primary N) is 1. The van der Waals surface area contributed by atoms with Crippen molar-refractivity contribution in [1.29, 1.82) is 0 Å². The van der Waals surface area contributed by atoms with Crippen LogP contribution in [0.2, 0.25) is 0 Å². The second-order valence-corrected chi connectivity index (χ2v) is 6.57. The van der Waals surface area contributed by atoms with E-state index in [0.717, 1.165) is 0 Å². The zero-order valence-corrected chi connectivity index (χ0v) is 15.3. The number of phenolic OH excluding ortho intramolecular Hbond substituents is 1. The summed E-state index contributed by atoms with van der Waals surface area (Å²) in [6, 6.07) is 2.70. The molecular weight excluding hydrogens is 350 g/mol. The fourth-order valence-electron chi connectivity index (χ4n) is 3.55. The van der Waals surface area contributed by atoms with Crippen LogP contribution in [-0.2, 0) is 14.3 Å². The Hall–Kier alpha value is -3.13. The molecule has 2 aliphatic rings.